The van der Waals surface area contributed by atoms with Gasteiger partial charge in [-0.25, -0.2) is 4.57 Å². The lowest BCUT2D eigenvalue weighted by Gasteiger charge is -2.18. The van der Waals surface area contributed by atoms with Gasteiger partial charge in [-0.1, -0.05) is 6.92 Å². The third kappa shape index (κ3) is 2.93. The number of carbonyl (C=O) groups excluding carboxylic acids is 1. The van der Waals surface area contributed by atoms with Crippen LogP contribution in [0.2, 0.25) is 0 Å². The third-order valence-electron chi connectivity index (χ3n) is 1.60. The van der Waals surface area contributed by atoms with Crippen molar-refractivity contribution in [1.82, 2.24) is 0 Å². The largest absolute Gasteiger partial charge is 0.529 e. The molecule has 12 heavy (non-hydrogen) atoms. The van der Waals surface area contributed by atoms with Crippen LogP contribution in [0.3, 0.4) is 0 Å². The highest BCUT2D eigenvalue weighted by Crippen LogP contribution is 2.45. The van der Waals surface area contributed by atoms with Gasteiger partial charge in [0.2, 0.25) is 0 Å². The van der Waals surface area contributed by atoms with Crippen molar-refractivity contribution < 1.29 is 23.3 Å². The Morgan fingerprint density at radius 1 is 1.67 bits per heavy atom. The highest BCUT2D eigenvalue weighted by molar-refractivity contribution is 7.48. The third-order valence-corrected chi connectivity index (χ3v) is 2.54. The molecule has 0 saturated carbocycles. The lowest BCUT2D eigenvalue weighted by molar-refractivity contribution is -0.137. The first kappa shape index (κ1) is 9.71. The summed E-state index contributed by atoms with van der Waals surface area (Å²) in [6.45, 7) is 2.01. The number of phosphoric ester groups is 1. The zero-order valence-electron chi connectivity index (χ0n) is 6.73. The topological polar surface area (TPSA) is 72.8 Å². The van der Waals surface area contributed by atoms with Crippen LogP contribution in [0.5, 0.6) is 0 Å². The smallest absolute Gasteiger partial charge is 0.371 e. The minimum absolute atomic E-state index is 0.137. The van der Waals surface area contributed by atoms with Crippen molar-refractivity contribution in [3.63, 3.8) is 0 Å². The Hall–Kier alpha value is -0.380. The maximum absolute atomic E-state index is 10.8. The first-order valence-electron chi connectivity index (χ1n) is 3.69. The Labute approximate surface area is 70.3 Å². The SMILES string of the molecule is CC1CCOP(=O)(O)OC(=O)C1. The average Bonchev–Trinajstić information content (AvgIpc) is 1.81. The molecule has 1 heterocycles. The Kier molecular flexibility index (Phi) is 2.88. The quantitative estimate of drug-likeness (QED) is 0.584. The molecule has 1 aliphatic heterocycles. The number of hydrogen-bond acceptors (Lipinski definition) is 4. The summed E-state index contributed by atoms with van der Waals surface area (Å²) in [5, 5.41) is 0. The fourth-order valence-electron chi connectivity index (χ4n) is 0.948. The predicted octanol–water partition coefficient (Wildman–Crippen LogP) is 1.08. The molecular formula is C6H11O5P. The highest BCUT2D eigenvalue weighted by Gasteiger charge is 2.29. The van der Waals surface area contributed by atoms with Gasteiger partial charge in [0.15, 0.2) is 0 Å². The van der Waals surface area contributed by atoms with Crippen LogP contribution >= 0.6 is 7.82 Å². The van der Waals surface area contributed by atoms with Crippen LogP contribution in [0.1, 0.15) is 19.8 Å². The van der Waals surface area contributed by atoms with Gasteiger partial charge < -0.3 is 4.52 Å². The molecule has 2 atom stereocenters. The van der Waals surface area contributed by atoms with Crippen molar-refractivity contribution in [1.29, 1.82) is 0 Å². The standard InChI is InChI=1S/C6H11O5P/c1-5-2-3-10-12(8,9)11-6(7)4-5/h5H,2-4H2,1H3,(H,8,9). The monoisotopic (exact) mass is 194 g/mol. The highest BCUT2D eigenvalue weighted by atomic mass is 31.2. The van der Waals surface area contributed by atoms with E-state index in [2.05, 4.69) is 9.05 Å². The average molecular weight is 194 g/mol. The van der Waals surface area contributed by atoms with Crippen molar-refractivity contribution >= 4 is 13.8 Å². The summed E-state index contributed by atoms with van der Waals surface area (Å²) < 4.78 is 19.5. The van der Waals surface area contributed by atoms with Gasteiger partial charge in [-0.3, -0.25) is 14.2 Å². The lowest BCUT2D eigenvalue weighted by atomic mass is 10.1. The number of carbonyl (C=O) groups is 1. The summed E-state index contributed by atoms with van der Waals surface area (Å²) >= 11 is 0. The van der Waals surface area contributed by atoms with E-state index in [1.54, 1.807) is 0 Å². The summed E-state index contributed by atoms with van der Waals surface area (Å²) in [4.78, 5) is 19.7. The molecule has 6 heteroatoms. The molecule has 1 rings (SSSR count). The van der Waals surface area contributed by atoms with E-state index in [0.717, 1.165) is 0 Å². The normalized spacial score (nSPS) is 38.2. The molecule has 0 aromatic carbocycles. The van der Waals surface area contributed by atoms with E-state index in [4.69, 9.17) is 4.89 Å². The van der Waals surface area contributed by atoms with Gasteiger partial charge in [0.1, 0.15) is 0 Å². The number of rotatable bonds is 0. The van der Waals surface area contributed by atoms with Gasteiger partial charge in [0.05, 0.1) is 6.61 Å². The molecule has 1 N–H and O–H groups in total. The predicted molar refractivity (Wildman–Crippen MR) is 40.3 cm³/mol. The molecule has 0 bridgehead atoms. The van der Waals surface area contributed by atoms with Crippen LogP contribution in [0.4, 0.5) is 0 Å². The van der Waals surface area contributed by atoms with Crippen molar-refractivity contribution in [2.45, 2.75) is 19.8 Å². The summed E-state index contributed by atoms with van der Waals surface area (Å²) in [6, 6.07) is 0. The zero-order valence-corrected chi connectivity index (χ0v) is 7.62. The van der Waals surface area contributed by atoms with Crippen LogP contribution in [-0.4, -0.2) is 17.5 Å². The Bertz CT molecular complexity index is 226. The lowest BCUT2D eigenvalue weighted by Crippen LogP contribution is -2.14. The van der Waals surface area contributed by atoms with E-state index in [9.17, 15) is 9.36 Å². The maximum Gasteiger partial charge on any atom is 0.529 e. The molecule has 5 nitrogen and oxygen atoms in total. The molecular weight excluding hydrogens is 183 g/mol. The van der Waals surface area contributed by atoms with Crippen molar-refractivity contribution in [3.8, 4) is 0 Å². The van der Waals surface area contributed by atoms with E-state index in [1.807, 2.05) is 6.92 Å². The Balaban J connectivity index is 2.60. The van der Waals surface area contributed by atoms with E-state index in [-0.39, 0.29) is 18.9 Å². The van der Waals surface area contributed by atoms with Gasteiger partial charge in [0, 0.05) is 6.42 Å². The van der Waals surface area contributed by atoms with Gasteiger partial charge >= 0.3 is 13.8 Å². The minimum atomic E-state index is -4.09. The van der Waals surface area contributed by atoms with Crippen LogP contribution < -0.4 is 0 Å². The maximum atomic E-state index is 10.8. The zero-order chi connectivity index (χ0) is 9.19. The van der Waals surface area contributed by atoms with E-state index in [0.29, 0.717) is 6.42 Å². The van der Waals surface area contributed by atoms with E-state index in [1.165, 1.54) is 0 Å². The summed E-state index contributed by atoms with van der Waals surface area (Å²) in [6.07, 6.45) is 0.771. The van der Waals surface area contributed by atoms with Crippen molar-refractivity contribution in [2.75, 3.05) is 6.61 Å². The second-order valence-corrected chi connectivity index (χ2v) is 4.24. The fourth-order valence-corrected chi connectivity index (χ4v) is 1.67. The van der Waals surface area contributed by atoms with Gasteiger partial charge in [-0.05, 0) is 12.3 Å². The molecule has 1 saturated heterocycles. The molecule has 0 aromatic rings. The second-order valence-electron chi connectivity index (χ2n) is 2.86. The molecule has 0 aromatic heterocycles. The molecule has 70 valence electrons. The van der Waals surface area contributed by atoms with E-state index >= 15 is 0 Å². The second kappa shape index (κ2) is 3.56. The molecule has 0 radical (unpaired) electrons. The molecule has 0 spiro atoms. The van der Waals surface area contributed by atoms with Crippen LogP contribution in [0, 0.1) is 5.92 Å². The number of phosphoric acid groups is 1. The van der Waals surface area contributed by atoms with Crippen LogP contribution in [0.25, 0.3) is 0 Å². The molecule has 2 unspecified atom stereocenters. The van der Waals surface area contributed by atoms with Crippen molar-refractivity contribution in [3.05, 3.63) is 0 Å². The van der Waals surface area contributed by atoms with Crippen LogP contribution in [0.15, 0.2) is 0 Å². The summed E-state index contributed by atoms with van der Waals surface area (Å²) in [7, 11) is -4.09. The minimum Gasteiger partial charge on any atom is -0.371 e. The Morgan fingerprint density at radius 2 is 2.33 bits per heavy atom. The molecule has 1 aliphatic rings. The first-order chi connectivity index (χ1) is 5.49. The van der Waals surface area contributed by atoms with Gasteiger partial charge in [0.25, 0.3) is 0 Å². The molecule has 0 amide bonds. The van der Waals surface area contributed by atoms with E-state index < -0.39 is 13.8 Å². The Morgan fingerprint density at radius 3 is 3.00 bits per heavy atom. The van der Waals surface area contributed by atoms with Crippen molar-refractivity contribution in [2.24, 2.45) is 5.92 Å². The first-order valence-corrected chi connectivity index (χ1v) is 5.19. The molecule has 0 aliphatic carbocycles. The fraction of sp³-hybridized carbons (Fsp3) is 0.833. The number of hydrogen-bond donors (Lipinski definition) is 1. The van der Waals surface area contributed by atoms with Crippen LogP contribution in [-0.2, 0) is 18.4 Å². The van der Waals surface area contributed by atoms with Gasteiger partial charge in [-0.2, -0.15) is 0 Å². The van der Waals surface area contributed by atoms with Gasteiger partial charge in [-0.15, -0.1) is 0 Å². The molecule has 1 fully saturated rings. The summed E-state index contributed by atoms with van der Waals surface area (Å²) in [5.74, 6) is -0.536. The summed E-state index contributed by atoms with van der Waals surface area (Å²) in [5.41, 5.74) is 0.